The van der Waals surface area contributed by atoms with Crippen LogP contribution in [0.2, 0.25) is 0 Å². The number of rotatable bonds is 6. The van der Waals surface area contributed by atoms with Crippen molar-refractivity contribution in [1.82, 2.24) is 9.55 Å². The highest BCUT2D eigenvalue weighted by Crippen LogP contribution is 2.21. The lowest BCUT2D eigenvalue weighted by Crippen LogP contribution is -2.24. The number of hydrogen-bond donors (Lipinski definition) is 0. The van der Waals surface area contributed by atoms with Gasteiger partial charge in [-0.3, -0.25) is 14.2 Å². The normalized spacial score (nSPS) is 11.0. The topological polar surface area (TPSA) is 52.0 Å². The second-order valence-electron chi connectivity index (χ2n) is 6.12. The first kappa shape index (κ1) is 18.6. The maximum Gasteiger partial charge on any atom is 0.262 e. The van der Waals surface area contributed by atoms with E-state index in [4.69, 9.17) is 0 Å². The van der Waals surface area contributed by atoms with Crippen LogP contribution in [0, 0.1) is 5.82 Å². The quantitative estimate of drug-likeness (QED) is 0.264. The average molecular weight is 410 g/mol. The fourth-order valence-electron chi connectivity index (χ4n) is 2.81. The van der Waals surface area contributed by atoms with E-state index in [1.807, 2.05) is 17.5 Å². The van der Waals surface area contributed by atoms with E-state index in [0.717, 1.165) is 5.56 Å². The molecule has 0 fully saturated rings. The number of halogens is 1. The van der Waals surface area contributed by atoms with Crippen LogP contribution in [0.4, 0.5) is 4.39 Å². The van der Waals surface area contributed by atoms with Gasteiger partial charge in [0.1, 0.15) is 5.82 Å². The van der Waals surface area contributed by atoms with Crippen molar-refractivity contribution in [2.24, 2.45) is 0 Å². The third kappa shape index (κ3) is 3.90. The van der Waals surface area contributed by atoms with E-state index in [-0.39, 0.29) is 29.5 Å². The summed E-state index contributed by atoms with van der Waals surface area (Å²) in [4.78, 5) is 30.7. The number of Topliss-reactive ketones (excluding diaryl/α,β-unsaturated/α-hetero) is 1. The number of ketones is 1. The summed E-state index contributed by atoms with van der Waals surface area (Å²) in [6, 6.07) is 16.8. The van der Waals surface area contributed by atoms with Crippen molar-refractivity contribution in [3.05, 3.63) is 92.7 Å². The van der Waals surface area contributed by atoms with Crippen molar-refractivity contribution < 1.29 is 9.18 Å². The number of benzene rings is 2. The Labute approximate surface area is 168 Å². The van der Waals surface area contributed by atoms with Crippen molar-refractivity contribution >= 4 is 39.8 Å². The number of hydrogen-bond acceptors (Lipinski definition) is 5. The number of fused-ring (bicyclic) bond motifs is 1. The monoisotopic (exact) mass is 410 g/mol. The molecule has 0 aliphatic heterocycles. The van der Waals surface area contributed by atoms with E-state index in [0.29, 0.717) is 20.9 Å². The minimum absolute atomic E-state index is 0.00394. The molecule has 0 atom stereocenters. The van der Waals surface area contributed by atoms with Gasteiger partial charge in [-0.15, -0.1) is 11.3 Å². The van der Waals surface area contributed by atoms with Crippen LogP contribution in [0.25, 0.3) is 10.9 Å². The second-order valence-corrected chi connectivity index (χ2v) is 8.01. The zero-order valence-electron chi connectivity index (χ0n) is 14.7. The lowest BCUT2D eigenvalue weighted by molar-refractivity contribution is 0.102. The van der Waals surface area contributed by atoms with Crippen LogP contribution in [-0.2, 0) is 6.54 Å². The highest BCUT2D eigenvalue weighted by molar-refractivity contribution is 7.99. The molecule has 0 saturated carbocycles. The number of thiophene rings is 1. The summed E-state index contributed by atoms with van der Waals surface area (Å²) in [6.45, 7) is 0.256. The molecule has 0 bridgehead atoms. The third-order valence-corrected chi connectivity index (χ3v) is 6.10. The van der Waals surface area contributed by atoms with Gasteiger partial charge in [0.2, 0.25) is 0 Å². The Kier molecular flexibility index (Phi) is 5.36. The minimum atomic E-state index is -0.330. The van der Waals surface area contributed by atoms with E-state index < -0.39 is 0 Å². The van der Waals surface area contributed by atoms with Gasteiger partial charge in [-0.2, -0.15) is 0 Å². The predicted molar refractivity (Wildman–Crippen MR) is 111 cm³/mol. The molecule has 0 saturated heterocycles. The molecule has 0 unspecified atom stereocenters. The first-order valence-corrected chi connectivity index (χ1v) is 10.4. The Bertz CT molecular complexity index is 1190. The number of carbonyl (C=O) groups is 1. The molecule has 0 N–H and O–H groups in total. The lowest BCUT2D eigenvalue weighted by Gasteiger charge is -2.13. The molecule has 0 aliphatic rings. The Hall–Kier alpha value is -2.77. The molecule has 4 rings (SSSR count). The third-order valence-electron chi connectivity index (χ3n) is 4.21. The molecule has 0 aliphatic carbocycles. The highest BCUT2D eigenvalue weighted by Gasteiger charge is 2.15. The molecule has 4 nitrogen and oxygen atoms in total. The zero-order valence-corrected chi connectivity index (χ0v) is 16.3. The van der Waals surface area contributed by atoms with Crippen molar-refractivity contribution in [2.75, 3.05) is 5.75 Å². The first-order valence-electron chi connectivity index (χ1n) is 8.55. The maximum atomic E-state index is 13.2. The second kappa shape index (κ2) is 8.08. The van der Waals surface area contributed by atoms with Gasteiger partial charge < -0.3 is 0 Å². The zero-order chi connectivity index (χ0) is 19.5. The summed E-state index contributed by atoms with van der Waals surface area (Å²) in [7, 11) is 0. The Morgan fingerprint density at radius 2 is 1.86 bits per heavy atom. The average Bonchev–Trinajstić information content (AvgIpc) is 3.25. The fraction of sp³-hybridized carbons (Fsp3) is 0.0952. The summed E-state index contributed by atoms with van der Waals surface area (Å²) < 4.78 is 14.8. The van der Waals surface area contributed by atoms with Crippen LogP contribution in [0.5, 0.6) is 0 Å². The first-order chi connectivity index (χ1) is 13.6. The molecule has 2 heterocycles. The standard InChI is InChI=1S/C21H15FN2O2S2/c22-15-9-7-14(8-10-15)12-24-20(26)16-4-1-2-5-17(16)23-21(24)28-13-18(25)19-6-3-11-27-19/h1-11H,12-13H2. The van der Waals surface area contributed by atoms with Crippen molar-refractivity contribution in [3.8, 4) is 0 Å². The number of aromatic nitrogens is 2. The molecule has 2 aromatic heterocycles. The molecule has 7 heteroatoms. The van der Waals surface area contributed by atoms with Crippen LogP contribution in [-0.4, -0.2) is 21.1 Å². The fourth-order valence-corrected chi connectivity index (χ4v) is 4.45. The van der Waals surface area contributed by atoms with Crippen LogP contribution in [0.15, 0.2) is 76.0 Å². The summed E-state index contributed by atoms with van der Waals surface area (Å²) in [5.74, 6) is -0.144. The van der Waals surface area contributed by atoms with Crippen molar-refractivity contribution in [2.45, 2.75) is 11.7 Å². The van der Waals surface area contributed by atoms with Gasteiger partial charge in [-0.1, -0.05) is 42.1 Å². The van der Waals surface area contributed by atoms with Gasteiger partial charge in [0, 0.05) is 0 Å². The summed E-state index contributed by atoms with van der Waals surface area (Å²) in [6.07, 6.45) is 0. The van der Waals surface area contributed by atoms with Crippen LogP contribution < -0.4 is 5.56 Å². The highest BCUT2D eigenvalue weighted by atomic mass is 32.2. The summed E-state index contributed by atoms with van der Waals surface area (Å²) in [5, 5.41) is 2.84. The SMILES string of the molecule is O=C(CSc1nc2ccccc2c(=O)n1Cc1ccc(F)cc1)c1cccs1. The van der Waals surface area contributed by atoms with E-state index >= 15 is 0 Å². The predicted octanol–water partition coefficient (Wildman–Crippen LogP) is 4.62. The lowest BCUT2D eigenvalue weighted by atomic mass is 10.2. The van der Waals surface area contributed by atoms with Gasteiger partial charge in [-0.25, -0.2) is 9.37 Å². The molecule has 140 valence electrons. The van der Waals surface area contributed by atoms with E-state index in [1.165, 1.54) is 35.2 Å². The van der Waals surface area contributed by atoms with Gasteiger partial charge in [0.15, 0.2) is 10.9 Å². The number of para-hydroxylation sites is 1. The summed E-state index contributed by atoms with van der Waals surface area (Å²) >= 11 is 2.63. The smallest absolute Gasteiger partial charge is 0.262 e. The molecule has 0 spiro atoms. The van der Waals surface area contributed by atoms with Crippen LogP contribution >= 0.6 is 23.1 Å². The molecule has 28 heavy (non-hydrogen) atoms. The van der Waals surface area contributed by atoms with E-state index in [2.05, 4.69) is 4.98 Å². The number of nitrogens with zero attached hydrogens (tertiary/aromatic N) is 2. The van der Waals surface area contributed by atoms with E-state index in [1.54, 1.807) is 41.0 Å². The van der Waals surface area contributed by atoms with Gasteiger partial charge in [-0.05, 0) is 41.3 Å². The Morgan fingerprint density at radius 3 is 2.61 bits per heavy atom. The molecular weight excluding hydrogens is 395 g/mol. The maximum absolute atomic E-state index is 13.2. The molecule has 2 aromatic carbocycles. The Balaban J connectivity index is 1.71. The number of carbonyl (C=O) groups excluding carboxylic acids is 1. The van der Waals surface area contributed by atoms with Crippen LogP contribution in [0.3, 0.4) is 0 Å². The molecule has 4 aromatic rings. The molecule has 0 amide bonds. The molecule has 0 radical (unpaired) electrons. The van der Waals surface area contributed by atoms with Crippen LogP contribution in [0.1, 0.15) is 15.2 Å². The van der Waals surface area contributed by atoms with Gasteiger partial charge in [0.05, 0.1) is 28.1 Å². The minimum Gasteiger partial charge on any atom is -0.292 e. The summed E-state index contributed by atoms with van der Waals surface area (Å²) in [5.41, 5.74) is 1.20. The largest absolute Gasteiger partial charge is 0.292 e. The Morgan fingerprint density at radius 1 is 1.07 bits per heavy atom. The van der Waals surface area contributed by atoms with Gasteiger partial charge >= 0.3 is 0 Å². The van der Waals surface area contributed by atoms with Crippen molar-refractivity contribution in [1.29, 1.82) is 0 Å². The number of thioether (sulfide) groups is 1. The van der Waals surface area contributed by atoms with Crippen molar-refractivity contribution in [3.63, 3.8) is 0 Å². The van der Waals surface area contributed by atoms with Gasteiger partial charge in [0.25, 0.3) is 5.56 Å². The van der Waals surface area contributed by atoms with E-state index in [9.17, 15) is 14.0 Å². The molecular formula is C21H15FN2O2S2.